The second kappa shape index (κ2) is 7.36. The van der Waals surface area contributed by atoms with Crippen LogP contribution in [0.5, 0.6) is 11.8 Å². The van der Waals surface area contributed by atoms with Crippen LogP contribution in [-0.4, -0.2) is 56.9 Å². The predicted molar refractivity (Wildman–Crippen MR) is 100 cm³/mol. The van der Waals surface area contributed by atoms with Crippen molar-refractivity contribution in [3.8, 4) is 22.3 Å². The first-order chi connectivity index (χ1) is 13.2. The average Bonchev–Trinajstić information content (AvgIpc) is 3.42. The number of carbonyl (C=O) groups excluding carboxylic acids is 1. The molecule has 1 amide bonds. The van der Waals surface area contributed by atoms with Gasteiger partial charge in [0.25, 0.3) is 17.7 Å². The Bertz CT molecular complexity index is 940. The van der Waals surface area contributed by atoms with Crippen LogP contribution < -0.4 is 9.47 Å². The second-order valence-electron chi connectivity index (χ2n) is 6.17. The standard InChI is InChI=1S/C18H19N5O3S/c1-22-14(10-13(21-22)15-4-3-9-27-15)18(24)23-8-5-12(11-23)26-17-16(25-2)19-6-7-20-17/h3-4,6-7,9-10,12H,5,8,11H2,1-2H3. The number of carbonyl (C=O) groups is 1. The van der Waals surface area contributed by atoms with Crippen molar-refractivity contribution in [1.29, 1.82) is 0 Å². The summed E-state index contributed by atoms with van der Waals surface area (Å²) in [5, 5.41) is 6.46. The van der Waals surface area contributed by atoms with Crippen LogP contribution in [0.25, 0.3) is 10.6 Å². The smallest absolute Gasteiger partial charge is 0.278 e. The first-order valence-electron chi connectivity index (χ1n) is 8.54. The molecule has 1 unspecified atom stereocenters. The minimum atomic E-state index is -0.149. The number of amides is 1. The topological polar surface area (TPSA) is 82.4 Å². The van der Waals surface area contributed by atoms with E-state index in [0.717, 1.165) is 17.0 Å². The molecule has 0 bridgehead atoms. The Hall–Kier alpha value is -2.94. The largest absolute Gasteiger partial charge is 0.477 e. The van der Waals surface area contributed by atoms with Gasteiger partial charge in [-0.15, -0.1) is 11.3 Å². The molecule has 27 heavy (non-hydrogen) atoms. The van der Waals surface area contributed by atoms with Crippen molar-refractivity contribution in [2.75, 3.05) is 20.2 Å². The summed E-state index contributed by atoms with van der Waals surface area (Å²) in [4.78, 5) is 24.0. The van der Waals surface area contributed by atoms with E-state index >= 15 is 0 Å². The molecule has 1 aliphatic heterocycles. The zero-order valence-corrected chi connectivity index (χ0v) is 15.8. The molecule has 3 aromatic rings. The Morgan fingerprint density at radius 2 is 2.11 bits per heavy atom. The molecule has 0 saturated carbocycles. The maximum absolute atomic E-state index is 12.9. The van der Waals surface area contributed by atoms with Crippen molar-refractivity contribution in [2.45, 2.75) is 12.5 Å². The van der Waals surface area contributed by atoms with Gasteiger partial charge in [0.1, 0.15) is 17.5 Å². The number of aromatic nitrogens is 4. The zero-order chi connectivity index (χ0) is 18.8. The van der Waals surface area contributed by atoms with Gasteiger partial charge in [-0.3, -0.25) is 9.48 Å². The lowest BCUT2D eigenvalue weighted by molar-refractivity contribution is 0.0759. The number of thiophene rings is 1. The molecule has 3 aromatic heterocycles. The van der Waals surface area contributed by atoms with Crippen LogP contribution in [0.3, 0.4) is 0 Å². The Morgan fingerprint density at radius 3 is 2.85 bits per heavy atom. The number of nitrogens with zero attached hydrogens (tertiary/aromatic N) is 5. The molecule has 4 heterocycles. The molecular weight excluding hydrogens is 366 g/mol. The summed E-state index contributed by atoms with van der Waals surface area (Å²) < 4.78 is 12.7. The first-order valence-corrected chi connectivity index (χ1v) is 9.42. The summed E-state index contributed by atoms with van der Waals surface area (Å²) in [7, 11) is 3.31. The Morgan fingerprint density at radius 1 is 1.30 bits per heavy atom. The number of ether oxygens (including phenoxy) is 2. The van der Waals surface area contributed by atoms with Gasteiger partial charge in [-0.25, -0.2) is 9.97 Å². The molecule has 4 rings (SSSR count). The third kappa shape index (κ3) is 3.50. The third-order valence-electron chi connectivity index (χ3n) is 4.41. The van der Waals surface area contributed by atoms with E-state index in [2.05, 4.69) is 15.1 Å². The molecule has 0 radical (unpaired) electrons. The molecule has 0 spiro atoms. The molecule has 0 aliphatic carbocycles. The molecule has 0 aromatic carbocycles. The van der Waals surface area contributed by atoms with Crippen LogP contribution in [0.4, 0.5) is 0 Å². The molecule has 9 heteroatoms. The maximum atomic E-state index is 12.9. The average molecular weight is 385 g/mol. The van der Waals surface area contributed by atoms with Gasteiger partial charge in [-0.2, -0.15) is 5.10 Å². The first kappa shape index (κ1) is 17.5. The van der Waals surface area contributed by atoms with E-state index < -0.39 is 0 Å². The van der Waals surface area contributed by atoms with Crippen LogP contribution >= 0.6 is 11.3 Å². The second-order valence-corrected chi connectivity index (χ2v) is 7.11. The molecule has 140 valence electrons. The quantitative estimate of drug-likeness (QED) is 0.670. The van der Waals surface area contributed by atoms with E-state index in [1.165, 1.54) is 7.11 Å². The summed E-state index contributed by atoms with van der Waals surface area (Å²) in [6.45, 7) is 1.10. The van der Waals surface area contributed by atoms with Gasteiger partial charge in [0, 0.05) is 32.4 Å². The van der Waals surface area contributed by atoms with E-state index in [-0.39, 0.29) is 12.0 Å². The number of hydrogen-bond acceptors (Lipinski definition) is 7. The molecule has 1 saturated heterocycles. The Balaban J connectivity index is 1.45. The fourth-order valence-corrected chi connectivity index (χ4v) is 3.76. The van der Waals surface area contributed by atoms with Crippen molar-refractivity contribution < 1.29 is 14.3 Å². The van der Waals surface area contributed by atoms with Crippen molar-refractivity contribution in [3.63, 3.8) is 0 Å². The van der Waals surface area contributed by atoms with Crippen molar-refractivity contribution in [3.05, 3.63) is 41.7 Å². The highest BCUT2D eigenvalue weighted by Crippen LogP contribution is 2.26. The number of likely N-dealkylation sites (tertiary alicyclic amines) is 1. The highest BCUT2D eigenvalue weighted by Gasteiger charge is 2.31. The molecule has 0 N–H and O–H groups in total. The third-order valence-corrected chi connectivity index (χ3v) is 5.30. The lowest BCUT2D eigenvalue weighted by Gasteiger charge is -2.17. The highest BCUT2D eigenvalue weighted by atomic mass is 32.1. The minimum Gasteiger partial charge on any atom is -0.477 e. The number of aryl methyl sites for hydroxylation is 1. The van der Waals surface area contributed by atoms with Gasteiger partial charge in [0.05, 0.1) is 18.5 Å². The molecule has 1 fully saturated rings. The van der Waals surface area contributed by atoms with E-state index in [1.54, 1.807) is 40.4 Å². The normalized spacial score (nSPS) is 16.5. The van der Waals surface area contributed by atoms with Crippen LogP contribution in [-0.2, 0) is 7.05 Å². The van der Waals surface area contributed by atoms with E-state index in [9.17, 15) is 4.79 Å². The van der Waals surface area contributed by atoms with Crippen LogP contribution in [0.15, 0.2) is 36.0 Å². The molecular formula is C18H19N5O3S. The monoisotopic (exact) mass is 385 g/mol. The van der Waals surface area contributed by atoms with E-state index in [1.807, 2.05) is 23.6 Å². The summed E-state index contributed by atoms with van der Waals surface area (Å²) in [6, 6.07) is 5.81. The van der Waals surface area contributed by atoms with E-state index in [0.29, 0.717) is 30.5 Å². The van der Waals surface area contributed by atoms with Gasteiger partial charge in [-0.1, -0.05) is 6.07 Å². The van der Waals surface area contributed by atoms with Gasteiger partial charge in [-0.05, 0) is 17.5 Å². The predicted octanol–water partition coefficient (Wildman–Crippen LogP) is 2.24. The molecule has 8 nitrogen and oxygen atoms in total. The fourth-order valence-electron chi connectivity index (χ4n) is 3.07. The minimum absolute atomic E-state index is 0.0509. The Labute approximate surface area is 160 Å². The number of hydrogen-bond donors (Lipinski definition) is 0. The van der Waals surface area contributed by atoms with Gasteiger partial charge in [0.2, 0.25) is 0 Å². The number of methoxy groups -OCH3 is 1. The van der Waals surface area contributed by atoms with Gasteiger partial charge < -0.3 is 14.4 Å². The SMILES string of the molecule is COc1nccnc1OC1CCN(C(=O)c2cc(-c3cccs3)nn2C)C1. The summed E-state index contributed by atoms with van der Waals surface area (Å²) >= 11 is 1.60. The van der Waals surface area contributed by atoms with E-state index in [4.69, 9.17) is 9.47 Å². The summed E-state index contributed by atoms with van der Waals surface area (Å²) in [5.74, 6) is 0.638. The highest BCUT2D eigenvalue weighted by molar-refractivity contribution is 7.13. The van der Waals surface area contributed by atoms with Crippen molar-refractivity contribution in [1.82, 2.24) is 24.6 Å². The molecule has 1 atom stereocenters. The van der Waals surface area contributed by atoms with Crippen LogP contribution in [0.2, 0.25) is 0 Å². The van der Waals surface area contributed by atoms with Crippen LogP contribution in [0.1, 0.15) is 16.9 Å². The summed E-state index contributed by atoms with van der Waals surface area (Å²) in [6.07, 6.45) is 3.67. The van der Waals surface area contributed by atoms with Crippen molar-refractivity contribution in [2.24, 2.45) is 7.05 Å². The van der Waals surface area contributed by atoms with Crippen LogP contribution in [0, 0.1) is 0 Å². The number of rotatable bonds is 5. The Kier molecular flexibility index (Phi) is 4.76. The maximum Gasteiger partial charge on any atom is 0.278 e. The lowest BCUT2D eigenvalue weighted by atomic mass is 10.3. The summed E-state index contributed by atoms with van der Waals surface area (Å²) in [5.41, 5.74) is 1.38. The van der Waals surface area contributed by atoms with Gasteiger partial charge >= 0.3 is 0 Å². The lowest BCUT2D eigenvalue weighted by Crippen LogP contribution is -2.32. The van der Waals surface area contributed by atoms with Crippen molar-refractivity contribution >= 4 is 17.2 Å². The molecule has 1 aliphatic rings. The zero-order valence-electron chi connectivity index (χ0n) is 15.0. The van der Waals surface area contributed by atoms with Gasteiger partial charge in [0.15, 0.2) is 0 Å². The fraction of sp³-hybridized carbons (Fsp3) is 0.333.